The van der Waals surface area contributed by atoms with Gasteiger partial charge in [-0.3, -0.25) is 14.4 Å². The van der Waals surface area contributed by atoms with Crippen molar-refractivity contribution in [3.63, 3.8) is 0 Å². The van der Waals surface area contributed by atoms with E-state index in [0.717, 1.165) is 0 Å². The minimum absolute atomic E-state index is 0.119. The Labute approximate surface area is 173 Å². The fraction of sp³-hybridized carbons (Fsp3) is 0.238. The number of anilines is 2. The summed E-state index contributed by atoms with van der Waals surface area (Å²) in [7, 11) is 2.75. The average Bonchev–Trinajstić information content (AvgIpc) is 2.76. The SMILES string of the molecule is COC(=O)c1ccc(NC(=O)CCC(=O)OCC(=O)Nc2ccccc2OC)cc1. The van der Waals surface area contributed by atoms with Crippen molar-refractivity contribution in [1.29, 1.82) is 0 Å². The minimum atomic E-state index is -0.679. The van der Waals surface area contributed by atoms with Crippen LogP contribution in [0.15, 0.2) is 48.5 Å². The first-order chi connectivity index (χ1) is 14.4. The molecule has 0 aliphatic carbocycles. The Morgan fingerprint density at radius 2 is 1.53 bits per heavy atom. The number of methoxy groups -OCH3 is 2. The van der Waals surface area contributed by atoms with E-state index in [4.69, 9.17) is 9.47 Å². The number of hydrogen-bond donors (Lipinski definition) is 2. The molecule has 158 valence electrons. The van der Waals surface area contributed by atoms with Gasteiger partial charge in [-0.2, -0.15) is 0 Å². The molecule has 0 atom stereocenters. The van der Waals surface area contributed by atoms with Crippen molar-refractivity contribution >= 4 is 35.1 Å². The third kappa shape index (κ3) is 6.93. The lowest BCUT2D eigenvalue weighted by atomic mass is 10.2. The summed E-state index contributed by atoms with van der Waals surface area (Å²) < 4.78 is 14.6. The van der Waals surface area contributed by atoms with Gasteiger partial charge >= 0.3 is 11.9 Å². The van der Waals surface area contributed by atoms with Gasteiger partial charge in [-0.25, -0.2) is 4.79 Å². The maximum atomic E-state index is 11.9. The molecule has 0 spiro atoms. The summed E-state index contributed by atoms with van der Waals surface area (Å²) in [5, 5.41) is 5.18. The van der Waals surface area contributed by atoms with E-state index in [9.17, 15) is 19.2 Å². The molecule has 9 nitrogen and oxygen atoms in total. The molecule has 2 N–H and O–H groups in total. The van der Waals surface area contributed by atoms with E-state index >= 15 is 0 Å². The number of amides is 2. The highest BCUT2D eigenvalue weighted by Gasteiger charge is 2.12. The van der Waals surface area contributed by atoms with E-state index in [1.807, 2.05) is 0 Å². The Bertz CT molecular complexity index is 910. The van der Waals surface area contributed by atoms with E-state index in [2.05, 4.69) is 15.4 Å². The molecular formula is C21H22N2O7. The summed E-state index contributed by atoms with van der Waals surface area (Å²) in [6, 6.07) is 12.9. The first kappa shape index (κ1) is 22.4. The molecule has 0 saturated carbocycles. The maximum Gasteiger partial charge on any atom is 0.337 e. The number of esters is 2. The van der Waals surface area contributed by atoms with Crippen LogP contribution in [0.2, 0.25) is 0 Å². The highest BCUT2D eigenvalue weighted by molar-refractivity contribution is 5.95. The van der Waals surface area contributed by atoms with Crippen LogP contribution in [0.3, 0.4) is 0 Å². The number of carbonyl (C=O) groups excluding carboxylic acids is 4. The molecule has 0 unspecified atom stereocenters. The zero-order valence-corrected chi connectivity index (χ0v) is 16.6. The average molecular weight is 414 g/mol. The number of nitrogens with one attached hydrogen (secondary N) is 2. The molecule has 2 amide bonds. The Morgan fingerprint density at radius 1 is 0.833 bits per heavy atom. The summed E-state index contributed by atoms with van der Waals surface area (Å²) in [6.45, 7) is -0.479. The number of rotatable bonds is 9. The van der Waals surface area contributed by atoms with Gasteiger partial charge in [0.2, 0.25) is 5.91 Å². The first-order valence-corrected chi connectivity index (χ1v) is 8.99. The van der Waals surface area contributed by atoms with Crippen LogP contribution >= 0.6 is 0 Å². The lowest BCUT2D eigenvalue weighted by Crippen LogP contribution is -2.22. The summed E-state index contributed by atoms with van der Waals surface area (Å²) in [4.78, 5) is 47.0. The van der Waals surface area contributed by atoms with E-state index < -0.39 is 30.4 Å². The van der Waals surface area contributed by atoms with Crippen LogP contribution in [0.4, 0.5) is 11.4 Å². The van der Waals surface area contributed by atoms with Crippen LogP contribution in [-0.2, 0) is 23.9 Å². The predicted molar refractivity (Wildman–Crippen MR) is 108 cm³/mol. The quantitative estimate of drug-likeness (QED) is 0.605. The number of para-hydroxylation sites is 2. The third-order valence-corrected chi connectivity index (χ3v) is 3.89. The Morgan fingerprint density at radius 3 is 2.20 bits per heavy atom. The normalized spacial score (nSPS) is 9.93. The standard InChI is InChI=1S/C21H22N2O7/c1-28-17-6-4-3-5-16(17)23-19(25)13-30-20(26)12-11-18(24)22-15-9-7-14(8-10-15)21(27)29-2/h3-10H,11-13H2,1-2H3,(H,22,24)(H,23,25). The minimum Gasteiger partial charge on any atom is -0.495 e. The largest absolute Gasteiger partial charge is 0.495 e. The fourth-order valence-electron chi connectivity index (χ4n) is 2.40. The van der Waals surface area contributed by atoms with Crippen molar-refractivity contribution in [1.82, 2.24) is 0 Å². The van der Waals surface area contributed by atoms with E-state index in [1.165, 1.54) is 26.4 Å². The summed E-state index contributed by atoms with van der Waals surface area (Å²) >= 11 is 0. The van der Waals surface area contributed by atoms with Crippen molar-refractivity contribution in [3.8, 4) is 5.75 Å². The number of carbonyl (C=O) groups is 4. The smallest absolute Gasteiger partial charge is 0.337 e. The first-order valence-electron chi connectivity index (χ1n) is 8.99. The molecule has 0 fully saturated rings. The van der Waals surface area contributed by atoms with Gasteiger partial charge in [-0.1, -0.05) is 12.1 Å². The molecule has 30 heavy (non-hydrogen) atoms. The molecule has 0 radical (unpaired) electrons. The second kappa shape index (κ2) is 11.2. The van der Waals surface area contributed by atoms with Gasteiger partial charge in [0.05, 0.1) is 31.9 Å². The second-order valence-electron chi connectivity index (χ2n) is 6.03. The van der Waals surface area contributed by atoms with Crippen molar-refractivity contribution in [3.05, 3.63) is 54.1 Å². The van der Waals surface area contributed by atoms with Crippen LogP contribution < -0.4 is 15.4 Å². The topological polar surface area (TPSA) is 120 Å². The molecule has 2 aromatic carbocycles. The second-order valence-corrected chi connectivity index (χ2v) is 6.03. The molecule has 9 heteroatoms. The van der Waals surface area contributed by atoms with Crippen molar-refractivity contribution in [2.24, 2.45) is 0 Å². The lowest BCUT2D eigenvalue weighted by Gasteiger charge is -2.10. The van der Waals surface area contributed by atoms with Crippen LogP contribution in [0.25, 0.3) is 0 Å². The number of benzene rings is 2. The van der Waals surface area contributed by atoms with Crippen molar-refractivity contribution < 1.29 is 33.4 Å². The van der Waals surface area contributed by atoms with Gasteiger partial charge in [0.15, 0.2) is 6.61 Å². The lowest BCUT2D eigenvalue weighted by molar-refractivity contribution is -0.147. The zero-order chi connectivity index (χ0) is 21.9. The molecule has 0 heterocycles. The van der Waals surface area contributed by atoms with E-state index in [0.29, 0.717) is 22.7 Å². The molecule has 0 bridgehead atoms. The highest BCUT2D eigenvalue weighted by Crippen LogP contribution is 2.22. The Kier molecular flexibility index (Phi) is 8.37. The summed E-state index contributed by atoms with van der Waals surface area (Å²) in [5.74, 6) is -1.61. The van der Waals surface area contributed by atoms with Crippen molar-refractivity contribution in [2.45, 2.75) is 12.8 Å². The number of hydrogen-bond acceptors (Lipinski definition) is 7. The Balaban J connectivity index is 1.71. The molecule has 0 aliphatic heterocycles. The van der Waals surface area contributed by atoms with E-state index in [1.54, 1.807) is 36.4 Å². The molecular weight excluding hydrogens is 392 g/mol. The van der Waals surface area contributed by atoms with Crippen LogP contribution in [0, 0.1) is 0 Å². The zero-order valence-electron chi connectivity index (χ0n) is 16.6. The molecule has 0 saturated heterocycles. The molecule has 0 aliphatic rings. The molecule has 2 rings (SSSR count). The van der Waals surface area contributed by atoms with Gasteiger partial charge in [-0.05, 0) is 36.4 Å². The fourth-order valence-corrected chi connectivity index (χ4v) is 2.40. The summed E-state index contributed by atoms with van der Waals surface area (Å²) in [6.07, 6.45) is -0.306. The van der Waals surface area contributed by atoms with Crippen LogP contribution in [-0.4, -0.2) is 44.6 Å². The number of ether oxygens (including phenoxy) is 3. The van der Waals surface area contributed by atoms with E-state index in [-0.39, 0.29) is 12.8 Å². The molecule has 0 aromatic heterocycles. The van der Waals surface area contributed by atoms with Gasteiger partial charge < -0.3 is 24.8 Å². The van der Waals surface area contributed by atoms with Gasteiger partial charge in [0.25, 0.3) is 5.91 Å². The van der Waals surface area contributed by atoms with Gasteiger partial charge in [0.1, 0.15) is 5.75 Å². The van der Waals surface area contributed by atoms with Crippen LogP contribution in [0.5, 0.6) is 5.75 Å². The predicted octanol–water partition coefficient (Wildman–Crippen LogP) is 2.38. The van der Waals surface area contributed by atoms with Gasteiger partial charge in [0, 0.05) is 12.1 Å². The highest BCUT2D eigenvalue weighted by atomic mass is 16.5. The van der Waals surface area contributed by atoms with Crippen molar-refractivity contribution in [2.75, 3.05) is 31.5 Å². The maximum absolute atomic E-state index is 11.9. The Hall–Kier alpha value is -3.88. The van der Waals surface area contributed by atoms with Crippen LogP contribution in [0.1, 0.15) is 23.2 Å². The summed E-state index contributed by atoms with van der Waals surface area (Å²) in [5.41, 5.74) is 1.28. The van der Waals surface area contributed by atoms with Gasteiger partial charge in [-0.15, -0.1) is 0 Å². The molecule has 2 aromatic rings. The third-order valence-electron chi connectivity index (χ3n) is 3.89. The monoisotopic (exact) mass is 414 g/mol.